The Hall–Kier alpha value is -1.55. The minimum atomic E-state index is 0.303. The van der Waals surface area contributed by atoms with Gasteiger partial charge in [0.05, 0.1) is 11.8 Å². The van der Waals surface area contributed by atoms with E-state index in [4.69, 9.17) is 4.74 Å². The molecule has 0 spiro atoms. The second kappa shape index (κ2) is 2.99. The van der Waals surface area contributed by atoms with E-state index in [0.717, 1.165) is 29.9 Å². The van der Waals surface area contributed by atoms with Gasteiger partial charge in [0.15, 0.2) is 0 Å². The first-order chi connectivity index (χ1) is 6.93. The molecular formula is C10H11N3O. The Morgan fingerprint density at radius 3 is 3.07 bits per heavy atom. The van der Waals surface area contributed by atoms with Gasteiger partial charge in [-0.15, -0.1) is 0 Å². The van der Waals surface area contributed by atoms with Crippen LogP contribution in [0.25, 0.3) is 11.0 Å². The molecule has 0 amide bonds. The molecule has 0 radical (unpaired) electrons. The SMILES string of the molecule is c1cc(OC2CNC2)c2nc[nH]c2c1. The van der Waals surface area contributed by atoms with E-state index in [1.807, 2.05) is 18.2 Å². The van der Waals surface area contributed by atoms with Crippen LogP contribution in [-0.2, 0) is 0 Å². The van der Waals surface area contributed by atoms with Gasteiger partial charge in [0.1, 0.15) is 17.4 Å². The molecule has 2 N–H and O–H groups in total. The maximum Gasteiger partial charge on any atom is 0.147 e. The summed E-state index contributed by atoms with van der Waals surface area (Å²) in [4.78, 5) is 7.29. The van der Waals surface area contributed by atoms with Gasteiger partial charge in [-0.2, -0.15) is 0 Å². The number of para-hydroxylation sites is 1. The van der Waals surface area contributed by atoms with Crippen LogP contribution in [0.5, 0.6) is 5.75 Å². The summed E-state index contributed by atoms with van der Waals surface area (Å²) in [5.74, 6) is 0.871. The molecule has 1 aliphatic heterocycles. The van der Waals surface area contributed by atoms with Gasteiger partial charge < -0.3 is 15.0 Å². The number of fused-ring (bicyclic) bond motifs is 1. The molecule has 0 atom stereocenters. The quantitative estimate of drug-likeness (QED) is 0.738. The molecule has 0 saturated carbocycles. The van der Waals surface area contributed by atoms with E-state index in [1.54, 1.807) is 6.33 Å². The number of imidazole rings is 1. The molecule has 4 nitrogen and oxygen atoms in total. The molecule has 1 aromatic heterocycles. The number of aromatic amines is 1. The van der Waals surface area contributed by atoms with E-state index in [2.05, 4.69) is 15.3 Å². The van der Waals surface area contributed by atoms with E-state index >= 15 is 0 Å². The van der Waals surface area contributed by atoms with Crippen LogP contribution >= 0.6 is 0 Å². The Kier molecular flexibility index (Phi) is 1.67. The molecule has 0 bridgehead atoms. The molecule has 1 fully saturated rings. The van der Waals surface area contributed by atoms with E-state index in [-0.39, 0.29) is 0 Å². The number of hydrogen-bond donors (Lipinski definition) is 2. The number of rotatable bonds is 2. The second-order valence-corrected chi connectivity index (χ2v) is 3.45. The lowest BCUT2D eigenvalue weighted by molar-refractivity contribution is 0.144. The molecule has 2 heterocycles. The Labute approximate surface area is 81.3 Å². The smallest absolute Gasteiger partial charge is 0.147 e. The van der Waals surface area contributed by atoms with Crippen LogP contribution < -0.4 is 10.1 Å². The largest absolute Gasteiger partial charge is 0.485 e. The van der Waals surface area contributed by atoms with Crippen LogP contribution in [0.3, 0.4) is 0 Å². The normalized spacial score (nSPS) is 16.9. The second-order valence-electron chi connectivity index (χ2n) is 3.45. The Morgan fingerprint density at radius 2 is 2.29 bits per heavy atom. The Morgan fingerprint density at radius 1 is 1.36 bits per heavy atom. The zero-order chi connectivity index (χ0) is 9.38. The number of ether oxygens (including phenoxy) is 1. The highest BCUT2D eigenvalue weighted by atomic mass is 16.5. The highest BCUT2D eigenvalue weighted by molar-refractivity contribution is 5.81. The first kappa shape index (κ1) is 7.82. The summed E-state index contributed by atoms with van der Waals surface area (Å²) >= 11 is 0. The van der Waals surface area contributed by atoms with E-state index in [9.17, 15) is 0 Å². The number of H-pyrrole nitrogens is 1. The van der Waals surface area contributed by atoms with Gasteiger partial charge >= 0.3 is 0 Å². The van der Waals surface area contributed by atoms with Crippen molar-refractivity contribution in [1.29, 1.82) is 0 Å². The lowest BCUT2D eigenvalue weighted by atomic mass is 10.2. The topological polar surface area (TPSA) is 49.9 Å². The predicted octanol–water partition coefficient (Wildman–Crippen LogP) is 0.913. The van der Waals surface area contributed by atoms with Crippen molar-refractivity contribution in [2.45, 2.75) is 6.10 Å². The van der Waals surface area contributed by atoms with Gasteiger partial charge in [-0.05, 0) is 12.1 Å². The van der Waals surface area contributed by atoms with Crippen LogP contribution in [0.2, 0.25) is 0 Å². The van der Waals surface area contributed by atoms with Gasteiger partial charge in [0.2, 0.25) is 0 Å². The molecule has 0 aliphatic carbocycles. The summed E-state index contributed by atoms with van der Waals surface area (Å²) in [6.07, 6.45) is 1.99. The summed E-state index contributed by atoms with van der Waals surface area (Å²) in [5, 5.41) is 3.17. The number of aromatic nitrogens is 2. The fourth-order valence-corrected chi connectivity index (χ4v) is 1.56. The van der Waals surface area contributed by atoms with Crippen molar-refractivity contribution in [3.63, 3.8) is 0 Å². The van der Waals surface area contributed by atoms with Crippen molar-refractivity contribution in [2.24, 2.45) is 0 Å². The number of benzene rings is 1. The third kappa shape index (κ3) is 1.15. The molecule has 2 aromatic rings. The van der Waals surface area contributed by atoms with Crippen LogP contribution in [0, 0.1) is 0 Å². The number of nitrogens with zero attached hydrogens (tertiary/aromatic N) is 1. The monoisotopic (exact) mass is 189 g/mol. The summed E-state index contributed by atoms with van der Waals surface area (Å²) < 4.78 is 5.78. The Balaban J connectivity index is 1.97. The van der Waals surface area contributed by atoms with Crippen molar-refractivity contribution < 1.29 is 4.74 Å². The van der Waals surface area contributed by atoms with Crippen LogP contribution in [0.1, 0.15) is 0 Å². The third-order valence-corrected chi connectivity index (χ3v) is 2.45. The van der Waals surface area contributed by atoms with Crippen LogP contribution in [0.4, 0.5) is 0 Å². The lowest BCUT2D eigenvalue weighted by Gasteiger charge is -2.27. The standard InChI is InChI=1S/C10H11N3O/c1-2-8-10(13-6-12-8)9(3-1)14-7-4-11-5-7/h1-3,6-7,11H,4-5H2,(H,12,13). The zero-order valence-electron chi connectivity index (χ0n) is 7.66. The van der Waals surface area contributed by atoms with Gasteiger partial charge in [-0.1, -0.05) is 6.07 Å². The average Bonchev–Trinajstić information content (AvgIpc) is 2.59. The van der Waals surface area contributed by atoms with Crippen molar-refractivity contribution >= 4 is 11.0 Å². The average molecular weight is 189 g/mol. The van der Waals surface area contributed by atoms with Crippen molar-refractivity contribution in [2.75, 3.05) is 13.1 Å². The number of hydrogen-bond acceptors (Lipinski definition) is 3. The lowest BCUT2D eigenvalue weighted by Crippen LogP contribution is -2.50. The molecule has 3 rings (SSSR count). The summed E-state index contributed by atoms with van der Waals surface area (Å²) in [7, 11) is 0. The highest BCUT2D eigenvalue weighted by Gasteiger charge is 2.19. The molecule has 0 unspecified atom stereocenters. The summed E-state index contributed by atoms with van der Waals surface area (Å²) in [6.45, 7) is 1.86. The van der Waals surface area contributed by atoms with Gasteiger partial charge in [0.25, 0.3) is 0 Å². The van der Waals surface area contributed by atoms with Crippen molar-refractivity contribution in [1.82, 2.24) is 15.3 Å². The van der Waals surface area contributed by atoms with Gasteiger partial charge in [-0.3, -0.25) is 0 Å². The molecule has 1 aliphatic rings. The van der Waals surface area contributed by atoms with E-state index in [0.29, 0.717) is 6.10 Å². The van der Waals surface area contributed by atoms with Crippen molar-refractivity contribution in [3.8, 4) is 5.75 Å². The van der Waals surface area contributed by atoms with Crippen molar-refractivity contribution in [3.05, 3.63) is 24.5 Å². The minimum absolute atomic E-state index is 0.303. The zero-order valence-corrected chi connectivity index (χ0v) is 7.66. The van der Waals surface area contributed by atoms with Crippen LogP contribution in [0.15, 0.2) is 24.5 Å². The molecular weight excluding hydrogens is 178 g/mol. The van der Waals surface area contributed by atoms with E-state index < -0.39 is 0 Å². The fraction of sp³-hybridized carbons (Fsp3) is 0.300. The Bertz CT molecular complexity index is 447. The summed E-state index contributed by atoms with van der Waals surface area (Å²) in [6, 6.07) is 5.93. The maximum absolute atomic E-state index is 5.78. The summed E-state index contributed by atoms with van der Waals surface area (Å²) in [5.41, 5.74) is 1.94. The maximum atomic E-state index is 5.78. The number of nitrogens with one attached hydrogen (secondary N) is 2. The minimum Gasteiger partial charge on any atom is -0.485 e. The van der Waals surface area contributed by atoms with E-state index in [1.165, 1.54) is 0 Å². The molecule has 1 aromatic carbocycles. The third-order valence-electron chi connectivity index (χ3n) is 2.45. The first-order valence-electron chi connectivity index (χ1n) is 4.73. The van der Waals surface area contributed by atoms with Crippen LogP contribution in [-0.4, -0.2) is 29.2 Å². The van der Waals surface area contributed by atoms with Gasteiger partial charge in [-0.25, -0.2) is 4.98 Å². The molecule has 72 valence electrons. The van der Waals surface area contributed by atoms with Gasteiger partial charge in [0, 0.05) is 13.1 Å². The molecule has 1 saturated heterocycles. The fourth-order valence-electron chi connectivity index (χ4n) is 1.56. The molecule has 4 heteroatoms. The predicted molar refractivity (Wildman–Crippen MR) is 53.4 cm³/mol. The first-order valence-corrected chi connectivity index (χ1v) is 4.73. The highest BCUT2D eigenvalue weighted by Crippen LogP contribution is 2.23. The molecule has 14 heavy (non-hydrogen) atoms.